The molecule has 4 N–H and O–H groups in total. The maximum absolute atomic E-state index is 9.19. The molecule has 0 aromatic heterocycles. The van der Waals surface area contributed by atoms with Crippen LogP contribution < -0.4 is 11.2 Å². The van der Waals surface area contributed by atoms with Crippen molar-refractivity contribution >= 4 is 5.69 Å². The molecular formula is C8H12N2O2. The molecule has 0 fully saturated rings. The second-order valence-electron chi connectivity index (χ2n) is 2.36. The van der Waals surface area contributed by atoms with Gasteiger partial charge in [0.15, 0.2) is 0 Å². The molecule has 66 valence electrons. The predicted octanol–water partition coefficient (Wildman–Crippen LogP) is 0.307. The summed E-state index contributed by atoms with van der Waals surface area (Å²) in [4.78, 5) is 4.26. The molecule has 0 bridgehead atoms. The molecule has 0 spiro atoms. The largest absolute Gasteiger partial charge is 0.371 e. The molecule has 0 aliphatic heterocycles. The SMILES string of the molecule is NOCC(O)Nc1ccccc1. The molecule has 0 saturated heterocycles. The molecule has 0 aliphatic carbocycles. The van der Waals surface area contributed by atoms with E-state index in [9.17, 15) is 5.11 Å². The number of hydrogen-bond donors (Lipinski definition) is 3. The summed E-state index contributed by atoms with van der Waals surface area (Å²) in [5.74, 6) is 4.78. The topological polar surface area (TPSA) is 67.5 Å². The van der Waals surface area contributed by atoms with Gasteiger partial charge in [0, 0.05) is 5.69 Å². The number of benzene rings is 1. The van der Waals surface area contributed by atoms with Crippen LogP contribution in [0.2, 0.25) is 0 Å². The van der Waals surface area contributed by atoms with Crippen molar-refractivity contribution < 1.29 is 9.94 Å². The van der Waals surface area contributed by atoms with Crippen LogP contribution in [0.25, 0.3) is 0 Å². The first-order valence-corrected chi connectivity index (χ1v) is 3.64. The smallest absolute Gasteiger partial charge is 0.150 e. The van der Waals surface area contributed by atoms with Crippen molar-refractivity contribution in [2.75, 3.05) is 11.9 Å². The van der Waals surface area contributed by atoms with E-state index in [2.05, 4.69) is 10.2 Å². The Labute approximate surface area is 70.9 Å². The van der Waals surface area contributed by atoms with Crippen molar-refractivity contribution in [3.05, 3.63) is 30.3 Å². The zero-order chi connectivity index (χ0) is 8.81. The average Bonchev–Trinajstić information content (AvgIpc) is 2.06. The Balaban J connectivity index is 2.41. The van der Waals surface area contributed by atoms with Gasteiger partial charge in [0.25, 0.3) is 0 Å². The number of aliphatic hydroxyl groups is 1. The van der Waals surface area contributed by atoms with E-state index in [1.807, 2.05) is 30.3 Å². The third kappa shape index (κ3) is 2.87. The Morgan fingerprint density at radius 3 is 2.67 bits per heavy atom. The highest BCUT2D eigenvalue weighted by molar-refractivity contribution is 5.42. The molecule has 0 saturated carbocycles. The molecule has 1 atom stereocenters. The van der Waals surface area contributed by atoms with Crippen LogP contribution in [-0.2, 0) is 4.84 Å². The van der Waals surface area contributed by atoms with Crippen LogP contribution in [-0.4, -0.2) is 17.9 Å². The molecule has 0 amide bonds. The van der Waals surface area contributed by atoms with E-state index in [4.69, 9.17) is 5.90 Å². The van der Waals surface area contributed by atoms with E-state index in [0.717, 1.165) is 5.69 Å². The Kier molecular flexibility index (Phi) is 3.53. The van der Waals surface area contributed by atoms with Crippen LogP contribution >= 0.6 is 0 Å². The van der Waals surface area contributed by atoms with Gasteiger partial charge in [0.1, 0.15) is 12.8 Å². The molecular weight excluding hydrogens is 156 g/mol. The molecule has 0 aliphatic rings. The van der Waals surface area contributed by atoms with Crippen LogP contribution in [0.1, 0.15) is 0 Å². The van der Waals surface area contributed by atoms with E-state index in [0.29, 0.717) is 0 Å². The van der Waals surface area contributed by atoms with Crippen LogP contribution in [0.15, 0.2) is 30.3 Å². The highest BCUT2D eigenvalue weighted by Crippen LogP contribution is 2.05. The van der Waals surface area contributed by atoms with Gasteiger partial charge in [0.05, 0.1) is 0 Å². The number of hydrogen-bond acceptors (Lipinski definition) is 4. The van der Waals surface area contributed by atoms with Gasteiger partial charge >= 0.3 is 0 Å². The average molecular weight is 168 g/mol. The highest BCUT2D eigenvalue weighted by atomic mass is 16.6. The summed E-state index contributed by atoms with van der Waals surface area (Å²) in [6.07, 6.45) is -0.766. The Morgan fingerprint density at radius 2 is 2.08 bits per heavy atom. The van der Waals surface area contributed by atoms with Gasteiger partial charge in [-0.05, 0) is 12.1 Å². The van der Waals surface area contributed by atoms with E-state index in [1.54, 1.807) is 0 Å². The predicted molar refractivity (Wildman–Crippen MR) is 46.2 cm³/mol. The summed E-state index contributed by atoms with van der Waals surface area (Å²) in [5, 5.41) is 12.0. The fourth-order valence-corrected chi connectivity index (χ4v) is 0.860. The normalized spacial score (nSPS) is 12.5. The maximum atomic E-state index is 9.19. The molecule has 1 aromatic carbocycles. The van der Waals surface area contributed by atoms with Crippen LogP contribution in [0.4, 0.5) is 5.69 Å². The first kappa shape index (κ1) is 8.99. The number of nitrogens with one attached hydrogen (secondary N) is 1. The lowest BCUT2D eigenvalue weighted by Crippen LogP contribution is -2.26. The summed E-state index contributed by atoms with van der Waals surface area (Å²) in [5.41, 5.74) is 0.835. The van der Waals surface area contributed by atoms with Gasteiger partial charge in [-0.25, -0.2) is 5.90 Å². The third-order valence-corrected chi connectivity index (χ3v) is 1.36. The lowest BCUT2D eigenvalue weighted by molar-refractivity contribution is 0.0508. The van der Waals surface area contributed by atoms with E-state index in [-0.39, 0.29) is 6.61 Å². The fraction of sp³-hybridized carbons (Fsp3) is 0.250. The van der Waals surface area contributed by atoms with Crippen molar-refractivity contribution in [3.8, 4) is 0 Å². The quantitative estimate of drug-likeness (QED) is 0.447. The van der Waals surface area contributed by atoms with Crippen molar-refractivity contribution in [2.24, 2.45) is 5.90 Å². The molecule has 1 rings (SSSR count). The minimum absolute atomic E-state index is 0.0644. The lowest BCUT2D eigenvalue weighted by Gasteiger charge is -2.11. The first-order chi connectivity index (χ1) is 5.83. The molecule has 1 unspecified atom stereocenters. The number of anilines is 1. The van der Waals surface area contributed by atoms with E-state index in [1.165, 1.54) is 0 Å². The van der Waals surface area contributed by atoms with Gasteiger partial charge in [-0.15, -0.1) is 0 Å². The van der Waals surface area contributed by atoms with Crippen molar-refractivity contribution in [2.45, 2.75) is 6.23 Å². The number of para-hydroxylation sites is 1. The molecule has 4 nitrogen and oxygen atoms in total. The highest BCUT2D eigenvalue weighted by Gasteiger charge is 2.01. The number of aliphatic hydroxyl groups excluding tert-OH is 1. The van der Waals surface area contributed by atoms with Crippen molar-refractivity contribution in [1.82, 2.24) is 0 Å². The molecule has 4 heteroatoms. The Hall–Kier alpha value is -1.10. The standard InChI is InChI=1S/C8H12N2O2/c9-12-6-8(11)10-7-4-2-1-3-5-7/h1-5,8,10-11H,6,9H2. The molecule has 0 heterocycles. The summed E-state index contributed by atoms with van der Waals surface area (Å²) in [7, 11) is 0. The summed E-state index contributed by atoms with van der Waals surface area (Å²) < 4.78 is 0. The van der Waals surface area contributed by atoms with Crippen LogP contribution in [0.3, 0.4) is 0 Å². The van der Waals surface area contributed by atoms with Crippen molar-refractivity contribution in [3.63, 3.8) is 0 Å². The fourth-order valence-electron chi connectivity index (χ4n) is 0.860. The monoisotopic (exact) mass is 168 g/mol. The minimum atomic E-state index is -0.766. The molecule has 1 aromatic rings. The van der Waals surface area contributed by atoms with Gasteiger partial charge in [-0.3, -0.25) is 4.84 Å². The summed E-state index contributed by atoms with van der Waals surface area (Å²) in [6.45, 7) is 0.0644. The van der Waals surface area contributed by atoms with Gasteiger partial charge < -0.3 is 10.4 Å². The van der Waals surface area contributed by atoms with Crippen LogP contribution in [0.5, 0.6) is 0 Å². The second kappa shape index (κ2) is 4.71. The first-order valence-electron chi connectivity index (χ1n) is 3.64. The van der Waals surface area contributed by atoms with E-state index < -0.39 is 6.23 Å². The lowest BCUT2D eigenvalue weighted by atomic mass is 10.3. The molecule has 12 heavy (non-hydrogen) atoms. The van der Waals surface area contributed by atoms with Gasteiger partial charge in [-0.1, -0.05) is 18.2 Å². The minimum Gasteiger partial charge on any atom is -0.371 e. The second-order valence-corrected chi connectivity index (χ2v) is 2.36. The Bertz CT molecular complexity index is 216. The Morgan fingerprint density at radius 1 is 1.42 bits per heavy atom. The number of nitrogens with two attached hydrogens (primary N) is 1. The maximum Gasteiger partial charge on any atom is 0.150 e. The summed E-state index contributed by atoms with van der Waals surface area (Å²) in [6, 6.07) is 9.34. The number of rotatable bonds is 4. The van der Waals surface area contributed by atoms with Crippen LogP contribution in [0, 0.1) is 0 Å². The zero-order valence-corrected chi connectivity index (χ0v) is 6.60. The summed E-state index contributed by atoms with van der Waals surface area (Å²) >= 11 is 0. The van der Waals surface area contributed by atoms with Crippen molar-refractivity contribution in [1.29, 1.82) is 0 Å². The van der Waals surface area contributed by atoms with Gasteiger partial charge in [0.2, 0.25) is 0 Å². The van der Waals surface area contributed by atoms with Gasteiger partial charge in [-0.2, -0.15) is 0 Å². The van der Waals surface area contributed by atoms with E-state index >= 15 is 0 Å². The molecule has 0 radical (unpaired) electrons. The third-order valence-electron chi connectivity index (χ3n) is 1.36. The zero-order valence-electron chi connectivity index (χ0n) is 6.60.